The predicted octanol–water partition coefficient (Wildman–Crippen LogP) is 3.05. The first kappa shape index (κ1) is 13.2. The van der Waals surface area contributed by atoms with E-state index in [1.807, 2.05) is 42.5 Å². The Bertz CT molecular complexity index is 556. The molecule has 1 saturated heterocycles. The molecule has 3 nitrogen and oxygen atoms in total. The van der Waals surface area contributed by atoms with Crippen molar-refractivity contribution in [3.8, 4) is 11.5 Å². The van der Waals surface area contributed by atoms with Crippen LogP contribution in [0, 0.1) is 0 Å². The van der Waals surface area contributed by atoms with Crippen LogP contribution in [0.4, 0.5) is 0 Å². The Labute approximate surface area is 119 Å². The van der Waals surface area contributed by atoms with Gasteiger partial charge in [0.2, 0.25) is 0 Å². The molecule has 0 amide bonds. The summed E-state index contributed by atoms with van der Waals surface area (Å²) in [6.07, 6.45) is 0.707. The Morgan fingerprint density at radius 2 is 1.85 bits per heavy atom. The lowest BCUT2D eigenvalue weighted by molar-refractivity contribution is 0.175. The Hall–Kier alpha value is -1.84. The smallest absolute Gasteiger partial charge is 0.127 e. The molecule has 1 heterocycles. The van der Waals surface area contributed by atoms with Crippen LogP contribution in [-0.4, -0.2) is 29.2 Å². The van der Waals surface area contributed by atoms with Crippen molar-refractivity contribution < 1.29 is 9.84 Å². The summed E-state index contributed by atoms with van der Waals surface area (Å²) in [6.45, 7) is 2.59. The lowest BCUT2D eigenvalue weighted by atomic mass is 10.2. The zero-order chi connectivity index (χ0) is 13.8. The van der Waals surface area contributed by atoms with Crippen LogP contribution in [-0.2, 0) is 6.54 Å². The molecule has 3 rings (SSSR count). The molecule has 1 aliphatic heterocycles. The van der Waals surface area contributed by atoms with E-state index in [4.69, 9.17) is 4.74 Å². The van der Waals surface area contributed by atoms with E-state index >= 15 is 0 Å². The minimum Gasteiger partial charge on any atom is -0.457 e. The molecule has 0 bridgehead atoms. The van der Waals surface area contributed by atoms with Crippen LogP contribution >= 0.6 is 0 Å². The number of likely N-dealkylation sites (tertiary alicyclic amines) is 1. The van der Waals surface area contributed by atoms with Gasteiger partial charge in [0.05, 0.1) is 6.10 Å². The Morgan fingerprint density at radius 1 is 1.05 bits per heavy atom. The molecule has 0 unspecified atom stereocenters. The minimum absolute atomic E-state index is 0.168. The van der Waals surface area contributed by atoms with Gasteiger partial charge in [0, 0.05) is 19.6 Å². The second-order valence-electron chi connectivity index (χ2n) is 5.24. The Kier molecular flexibility index (Phi) is 4.00. The normalized spacial score (nSPS) is 19.1. The van der Waals surface area contributed by atoms with Crippen LogP contribution in [0.25, 0.3) is 0 Å². The number of aliphatic hydroxyl groups excluding tert-OH is 1. The van der Waals surface area contributed by atoms with Crippen molar-refractivity contribution in [3.63, 3.8) is 0 Å². The molecule has 0 aliphatic carbocycles. The minimum atomic E-state index is -0.168. The van der Waals surface area contributed by atoms with Crippen molar-refractivity contribution in [2.75, 3.05) is 13.1 Å². The molecular weight excluding hydrogens is 250 g/mol. The van der Waals surface area contributed by atoms with Gasteiger partial charge in [-0.05, 0) is 36.2 Å². The third-order valence-electron chi connectivity index (χ3n) is 3.53. The molecule has 3 heteroatoms. The van der Waals surface area contributed by atoms with Crippen molar-refractivity contribution in [3.05, 3.63) is 60.2 Å². The third kappa shape index (κ3) is 3.38. The number of hydrogen-bond donors (Lipinski definition) is 1. The SMILES string of the molecule is O[C@@H]1CCN(Cc2cccc(Oc3ccccc3)c2)C1. The van der Waals surface area contributed by atoms with Crippen LogP contribution in [0.2, 0.25) is 0 Å². The van der Waals surface area contributed by atoms with Gasteiger partial charge < -0.3 is 9.84 Å². The standard InChI is InChI=1S/C17H19NO2/c19-15-9-10-18(13-15)12-14-5-4-8-17(11-14)20-16-6-2-1-3-7-16/h1-8,11,15,19H,9-10,12-13H2/t15-/m1/s1. The van der Waals surface area contributed by atoms with Gasteiger partial charge in [0.15, 0.2) is 0 Å². The zero-order valence-electron chi connectivity index (χ0n) is 11.4. The van der Waals surface area contributed by atoms with E-state index < -0.39 is 0 Å². The number of aliphatic hydroxyl groups is 1. The van der Waals surface area contributed by atoms with Crippen molar-refractivity contribution in [2.24, 2.45) is 0 Å². The van der Waals surface area contributed by atoms with Crippen LogP contribution < -0.4 is 4.74 Å². The number of nitrogens with zero attached hydrogens (tertiary/aromatic N) is 1. The summed E-state index contributed by atoms with van der Waals surface area (Å²) in [6, 6.07) is 17.9. The molecule has 0 radical (unpaired) electrons. The molecule has 1 N–H and O–H groups in total. The first-order chi connectivity index (χ1) is 9.79. The molecule has 0 aromatic heterocycles. The van der Waals surface area contributed by atoms with E-state index in [2.05, 4.69) is 17.0 Å². The van der Waals surface area contributed by atoms with E-state index in [-0.39, 0.29) is 6.10 Å². The van der Waals surface area contributed by atoms with E-state index in [0.29, 0.717) is 0 Å². The van der Waals surface area contributed by atoms with Gasteiger partial charge >= 0.3 is 0 Å². The summed E-state index contributed by atoms with van der Waals surface area (Å²) >= 11 is 0. The number of hydrogen-bond acceptors (Lipinski definition) is 3. The maximum Gasteiger partial charge on any atom is 0.127 e. The van der Waals surface area contributed by atoms with Gasteiger partial charge in [-0.2, -0.15) is 0 Å². The Morgan fingerprint density at radius 3 is 2.60 bits per heavy atom. The van der Waals surface area contributed by atoms with Crippen LogP contribution in [0.15, 0.2) is 54.6 Å². The van der Waals surface area contributed by atoms with Gasteiger partial charge in [-0.25, -0.2) is 0 Å². The van der Waals surface area contributed by atoms with Crippen LogP contribution in [0.3, 0.4) is 0 Å². The highest BCUT2D eigenvalue weighted by molar-refractivity contribution is 5.33. The number of para-hydroxylation sites is 1. The molecule has 1 atom stereocenters. The van der Waals surface area contributed by atoms with Crippen molar-refractivity contribution >= 4 is 0 Å². The lowest BCUT2D eigenvalue weighted by Crippen LogP contribution is -2.21. The van der Waals surface area contributed by atoms with Crippen molar-refractivity contribution in [2.45, 2.75) is 19.1 Å². The fourth-order valence-corrected chi connectivity index (χ4v) is 2.55. The molecule has 1 aliphatic rings. The maximum absolute atomic E-state index is 9.56. The van der Waals surface area contributed by atoms with Gasteiger partial charge in [-0.1, -0.05) is 30.3 Å². The molecule has 2 aromatic rings. The number of rotatable bonds is 4. The number of benzene rings is 2. The average molecular weight is 269 g/mol. The molecular formula is C17H19NO2. The van der Waals surface area contributed by atoms with Gasteiger partial charge in [0.25, 0.3) is 0 Å². The quantitative estimate of drug-likeness (QED) is 0.926. The average Bonchev–Trinajstić information content (AvgIpc) is 2.86. The third-order valence-corrected chi connectivity index (χ3v) is 3.53. The number of ether oxygens (including phenoxy) is 1. The van der Waals surface area contributed by atoms with Gasteiger partial charge in [-0.15, -0.1) is 0 Å². The Balaban J connectivity index is 1.67. The molecule has 0 saturated carbocycles. The van der Waals surface area contributed by atoms with Crippen molar-refractivity contribution in [1.82, 2.24) is 4.90 Å². The summed E-state index contributed by atoms with van der Waals surface area (Å²) < 4.78 is 5.84. The first-order valence-electron chi connectivity index (χ1n) is 7.02. The fraction of sp³-hybridized carbons (Fsp3) is 0.294. The molecule has 104 valence electrons. The summed E-state index contributed by atoms with van der Waals surface area (Å²) in [5.41, 5.74) is 1.22. The van der Waals surface area contributed by atoms with Gasteiger partial charge in [0.1, 0.15) is 11.5 Å². The molecule has 20 heavy (non-hydrogen) atoms. The maximum atomic E-state index is 9.56. The first-order valence-corrected chi connectivity index (χ1v) is 7.02. The second kappa shape index (κ2) is 6.07. The molecule has 0 spiro atoms. The van der Waals surface area contributed by atoms with E-state index in [9.17, 15) is 5.11 Å². The predicted molar refractivity (Wildman–Crippen MR) is 78.9 cm³/mol. The highest BCUT2D eigenvalue weighted by Gasteiger charge is 2.19. The van der Waals surface area contributed by atoms with E-state index in [1.165, 1.54) is 5.56 Å². The fourth-order valence-electron chi connectivity index (χ4n) is 2.55. The summed E-state index contributed by atoms with van der Waals surface area (Å²) in [5.74, 6) is 1.70. The summed E-state index contributed by atoms with van der Waals surface area (Å²) in [7, 11) is 0. The molecule has 1 fully saturated rings. The number of β-amino-alcohol motifs (C(OH)–C–C–N with tert-alkyl or cyclic N) is 1. The second-order valence-corrected chi connectivity index (χ2v) is 5.24. The monoisotopic (exact) mass is 269 g/mol. The van der Waals surface area contributed by atoms with Gasteiger partial charge in [-0.3, -0.25) is 4.90 Å². The van der Waals surface area contributed by atoms with Crippen LogP contribution in [0.5, 0.6) is 11.5 Å². The lowest BCUT2D eigenvalue weighted by Gasteiger charge is -2.15. The zero-order valence-corrected chi connectivity index (χ0v) is 11.4. The largest absolute Gasteiger partial charge is 0.457 e. The summed E-state index contributed by atoms with van der Waals surface area (Å²) in [4.78, 5) is 2.27. The highest BCUT2D eigenvalue weighted by Crippen LogP contribution is 2.23. The van der Waals surface area contributed by atoms with Crippen molar-refractivity contribution in [1.29, 1.82) is 0 Å². The summed E-state index contributed by atoms with van der Waals surface area (Å²) in [5, 5.41) is 9.56. The van der Waals surface area contributed by atoms with E-state index in [0.717, 1.165) is 37.6 Å². The van der Waals surface area contributed by atoms with Crippen LogP contribution in [0.1, 0.15) is 12.0 Å². The topological polar surface area (TPSA) is 32.7 Å². The molecule has 2 aromatic carbocycles. The van der Waals surface area contributed by atoms with E-state index in [1.54, 1.807) is 0 Å². The highest BCUT2D eigenvalue weighted by atomic mass is 16.5.